The van der Waals surface area contributed by atoms with Gasteiger partial charge in [0.15, 0.2) is 0 Å². The molecule has 0 spiro atoms. The maximum absolute atomic E-state index is 13.9. The van der Waals surface area contributed by atoms with E-state index in [1.165, 1.54) is 11.0 Å². The van der Waals surface area contributed by atoms with Crippen LogP contribution in [0.25, 0.3) is 0 Å². The summed E-state index contributed by atoms with van der Waals surface area (Å²) in [5.41, 5.74) is -0.0338. The monoisotopic (exact) mass is 346 g/mol. The number of aryl methyl sites for hydroxylation is 1. The highest BCUT2D eigenvalue weighted by atomic mass is 35.5. The van der Waals surface area contributed by atoms with Crippen molar-refractivity contribution in [1.29, 1.82) is 0 Å². The third-order valence-corrected chi connectivity index (χ3v) is 3.92. The van der Waals surface area contributed by atoms with Crippen LogP contribution in [-0.2, 0) is 0 Å². The maximum atomic E-state index is 13.9. The van der Waals surface area contributed by atoms with Gasteiger partial charge in [0.25, 0.3) is 0 Å². The summed E-state index contributed by atoms with van der Waals surface area (Å²) in [6.45, 7) is 2.85. The molecule has 2 nitrogen and oxygen atoms in total. The standard InChI is InChI=1S/C13H15ClF4N2.ClH/c1-8-2-3-9(15)10(11(8)14)12(13(16,17)18)20-6-4-19-5-7-20;/h2-3,12,19H,4-7H2,1H3;1H/t12-;/m1./s1. The molecular weight excluding hydrogens is 331 g/mol. The Labute approximate surface area is 131 Å². The lowest BCUT2D eigenvalue weighted by Crippen LogP contribution is -2.49. The Bertz CT molecular complexity index is 488. The average molecular weight is 347 g/mol. The van der Waals surface area contributed by atoms with Crippen LogP contribution >= 0.6 is 24.0 Å². The zero-order valence-corrected chi connectivity index (χ0v) is 12.9. The van der Waals surface area contributed by atoms with E-state index in [1.54, 1.807) is 6.92 Å². The van der Waals surface area contributed by atoms with Gasteiger partial charge in [0.05, 0.1) is 5.02 Å². The summed E-state index contributed by atoms with van der Waals surface area (Å²) in [6.07, 6.45) is -4.57. The van der Waals surface area contributed by atoms with Gasteiger partial charge in [-0.25, -0.2) is 4.39 Å². The predicted octanol–water partition coefficient (Wildman–Crippen LogP) is 3.72. The first-order valence-electron chi connectivity index (χ1n) is 6.28. The number of alkyl halides is 3. The van der Waals surface area contributed by atoms with E-state index in [-0.39, 0.29) is 30.5 Å². The molecule has 1 aliphatic heterocycles. The van der Waals surface area contributed by atoms with E-state index < -0.39 is 23.6 Å². The first kappa shape index (κ1) is 18.5. The second kappa shape index (κ2) is 7.13. The molecule has 1 saturated heterocycles. The molecule has 1 aromatic rings. The van der Waals surface area contributed by atoms with Gasteiger partial charge in [-0.05, 0) is 18.6 Å². The van der Waals surface area contributed by atoms with Crippen LogP contribution in [0.15, 0.2) is 12.1 Å². The van der Waals surface area contributed by atoms with Crippen molar-refractivity contribution in [2.45, 2.75) is 19.1 Å². The van der Waals surface area contributed by atoms with Crippen molar-refractivity contribution in [2.75, 3.05) is 26.2 Å². The molecule has 0 aromatic heterocycles. The molecule has 0 aliphatic carbocycles. The van der Waals surface area contributed by atoms with Crippen LogP contribution in [0, 0.1) is 12.7 Å². The van der Waals surface area contributed by atoms with Gasteiger partial charge >= 0.3 is 6.18 Å². The van der Waals surface area contributed by atoms with Crippen molar-refractivity contribution in [2.24, 2.45) is 0 Å². The second-order valence-corrected chi connectivity index (χ2v) is 5.20. The van der Waals surface area contributed by atoms with Gasteiger partial charge < -0.3 is 5.32 Å². The topological polar surface area (TPSA) is 15.3 Å². The third-order valence-electron chi connectivity index (χ3n) is 3.42. The summed E-state index contributed by atoms with van der Waals surface area (Å²) in [7, 11) is 0. The number of nitrogens with one attached hydrogen (secondary N) is 1. The number of hydrogen-bond acceptors (Lipinski definition) is 2. The fraction of sp³-hybridized carbons (Fsp3) is 0.538. The lowest BCUT2D eigenvalue weighted by atomic mass is 10.0. The number of halogens is 6. The van der Waals surface area contributed by atoms with Crippen LogP contribution in [0.3, 0.4) is 0 Å². The Morgan fingerprint density at radius 2 is 1.81 bits per heavy atom. The zero-order valence-electron chi connectivity index (χ0n) is 11.3. The molecule has 21 heavy (non-hydrogen) atoms. The van der Waals surface area contributed by atoms with Crippen molar-refractivity contribution >= 4 is 24.0 Å². The predicted molar refractivity (Wildman–Crippen MR) is 76.6 cm³/mol. The Morgan fingerprint density at radius 3 is 2.33 bits per heavy atom. The minimum atomic E-state index is -4.57. The summed E-state index contributed by atoms with van der Waals surface area (Å²) >= 11 is 5.94. The van der Waals surface area contributed by atoms with Crippen molar-refractivity contribution in [3.63, 3.8) is 0 Å². The van der Waals surface area contributed by atoms with Gasteiger partial charge in [0.2, 0.25) is 0 Å². The van der Waals surface area contributed by atoms with Gasteiger partial charge in [0.1, 0.15) is 11.9 Å². The van der Waals surface area contributed by atoms with Crippen LogP contribution in [0.4, 0.5) is 17.6 Å². The van der Waals surface area contributed by atoms with Crippen LogP contribution in [-0.4, -0.2) is 37.3 Å². The second-order valence-electron chi connectivity index (χ2n) is 4.82. The molecule has 1 atom stereocenters. The molecule has 0 radical (unpaired) electrons. The molecule has 1 N–H and O–H groups in total. The zero-order chi connectivity index (χ0) is 14.9. The molecule has 1 heterocycles. The van der Waals surface area contributed by atoms with Crippen LogP contribution in [0.2, 0.25) is 5.02 Å². The summed E-state index contributed by atoms with van der Waals surface area (Å²) in [4.78, 5) is 1.22. The molecule has 1 aliphatic rings. The molecule has 120 valence electrons. The molecule has 0 saturated carbocycles. The van der Waals surface area contributed by atoms with Gasteiger partial charge in [0, 0.05) is 31.7 Å². The smallest absolute Gasteiger partial charge is 0.314 e. The van der Waals surface area contributed by atoms with Gasteiger partial charge in [-0.1, -0.05) is 17.7 Å². The lowest BCUT2D eigenvalue weighted by molar-refractivity contribution is -0.188. The molecule has 0 bridgehead atoms. The summed E-state index contributed by atoms with van der Waals surface area (Å²) < 4.78 is 54.1. The van der Waals surface area contributed by atoms with E-state index in [1.807, 2.05) is 0 Å². The fourth-order valence-corrected chi connectivity index (χ4v) is 2.68. The first-order chi connectivity index (χ1) is 9.32. The first-order valence-corrected chi connectivity index (χ1v) is 6.66. The summed E-state index contributed by atoms with van der Waals surface area (Å²) in [5, 5.41) is 2.83. The lowest BCUT2D eigenvalue weighted by Gasteiger charge is -2.36. The number of piperazine rings is 1. The number of nitrogens with zero attached hydrogens (tertiary/aromatic N) is 1. The highest BCUT2D eigenvalue weighted by Gasteiger charge is 2.47. The Morgan fingerprint density at radius 1 is 1.24 bits per heavy atom. The molecule has 8 heteroatoms. The molecule has 0 amide bonds. The van der Waals surface area contributed by atoms with Crippen LogP contribution < -0.4 is 5.32 Å². The number of rotatable bonds is 2. The minimum Gasteiger partial charge on any atom is -0.314 e. The summed E-state index contributed by atoms with van der Waals surface area (Å²) in [6, 6.07) is 0.418. The van der Waals surface area contributed by atoms with E-state index in [9.17, 15) is 17.6 Å². The van der Waals surface area contributed by atoms with Crippen molar-refractivity contribution in [1.82, 2.24) is 10.2 Å². The SMILES string of the molecule is Cc1ccc(F)c([C@@H](N2CCNCC2)C(F)(F)F)c1Cl.Cl. The quantitative estimate of drug-likeness (QED) is 0.821. The highest BCUT2D eigenvalue weighted by molar-refractivity contribution is 6.32. The third kappa shape index (κ3) is 4.00. The highest BCUT2D eigenvalue weighted by Crippen LogP contribution is 2.42. The van der Waals surface area contributed by atoms with Crippen LogP contribution in [0.1, 0.15) is 17.2 Å². The molecule has 1 aromatic carbocycles. The van der Waals surface area contributed by atoms with Gasteiger partial charge in [-0.2, -0.15) is 13.2 Å². The average Bonchev–Trinajstić information content (AvgIpc) is 2.39. The van der Waals surface area contributed by atoms with Crippen LogP contribution in [0.5, 0.6) is 0 Å². The summed E-state index contributed by atoms with van der Waals surface area (Å²) in [5.74, 6) is -0.915. The largest absolute Gasteiger partial charge is 0.408 e. The fourth-order valence-electron chi connectivity index (χ4n) is 2.42. The van der Waals surface area contributed by atoms with E-state index in [0.717, 1.165) is 6.07 Å². The molecule has 1 fully saturated rings. The van der Waals surface area contributed by atoms with Crippen molar-refractivity contribution in [3.05, 3.63) is 34.1 Å². The van der Waals surface area contributed by atoms with Gasteiger partial charge in [-0.15, -0.1) is 12.4 Å². The maximum Gasteiger partial charge on any atom is 0.408 e. The Balaban J connectivity index is 0.00000220. The Hall–Kier alpha value is -0.560. The van der Waals surface area contributed by atoms with E-state index in [0.29, 0.717) is 18.7 Å². The van der Waals surface area contributed by atoms with Crippen molar-refractivity contribution in [3.8, 4) is 0 Å². The molecule has 0 unspecified atom stereocenters. The van der Waals surface area contributed by atoms with E-state index in [4.69, 9.17) is 11.6 Å². The Kier molecular flexibility index (Phi) is 6.28. The molecular formula is C13H16Cl2F4N2. The van der Waals surface area contributed by atoms with Gasteiger partial charge in [-0.3, -0.25) is 4.90 Å². The van der Waals surface area contributed by atoms with E-state index >= 15 is 0 Å². The number of hydrogen-bond donors (Lipinski definition) is 1. The van der Waals surface area contributed by atoms with E-state index in [2.05, 4.69) is 5.32 Å². The minimum absolute atomic E-state index is 0. The number of benzene rings is 1. The van der Waals surface area contributed by atoms with Crippen molar-refractivity contribution < 1.29 is 17.6 Å². The molecule has 2 rings (SSSR count). The normalized spacial score (nSPS) is 18.2.